The molecule has 0 saturated carbocycles. The van der Waals surface area contributed by atoms with Crippen molar-refractivity contribution in [3.05, 3.63) is 42.0 Å². The van der Waals surface area contributed by atoms with Crippen LogP contribution in [-0.2, 0) is 11.8 Å². The zero-order valence-electron chi connectivity index (χ0n) is 12.2. The largest absolute Gasteiger partial charge is 0.338 e. The van der Waals surface area contributed by atoms with Crippen LogP contribution in [0, 0.1) is 5.82 Å². The summed E-state index contributed by atoms with van der Waals surface area (Å²) in [5.41, 5.74) is 0.899. The molecule has 0 aliphatic carbocycles. The van der Waals surface area contributed by atoms with Crippen LogP contribution >= 0.6 is 11.8 Å². The van der Waals surface area contributed by atoms with Gasteiger partial charge in [-0.05, 0) is 24.6 Å². The highest BCUT2D eigenvalue weighted by molar-refractivity contribution is 7.99. The molecule has 1 aromatic heterocycles. The van der Waals surface area contributed by atoms with E-state index in [9.17, 15) is 9.18 Å². The topological polar surface area (TPSA) is 51.0 Å². The van der Waals surface area contributed by atoms with Crippen molar-refractivity contribution in [1.82, 2.24) is 19.7 Å². The second-order valence-electron chi connectivity index (χ2n) is 4.75. The van der Waals surface area contributed by atoms with Gasteiger partial charge in [-0.3, -0.25) is 4.79 Å². The van der Waals surface area contributed by atoms with Crippen molar-refractivity contribution in [3.63, 3.8) is 0 Å². The van der Waals surface area contributed by atoms with Crippen LogP contribution < -0.4 is 0 Å². The van der Waals surface area contributed by atoms with Crippen LogP contribution in [0.15, 0.2) is 35.7 Å². The fourth-order valence-corrected chi connectivity index (χ4v) is 2.62. The van der Waals surface area contributed by atoms with Gasteiger partial charge in [0.1, 0.15) is 12.1 Å². The van der Waals surface area contributed by atoms with Gasteiger partial charge >= 0.3 is 0 Å². The van der Waals surface area contributed by atoms with E-state index in [1.165, 1.54) is 23.9 Å². The molecule has 21 heavy (non-hydrogen) atoms. The number of aromatic nitrogens is 3. The highest BCUT2D eigenvalue weighted by Crippen LogP contribution is 2.21. The summed E-state index contributed by atoms with van der Waals surface area (Å²) in [7, 11) is 3.57. The zero-order chi connectivity index (χ0) is 15.4. The van der Waals surface area contributed by atoms with Crippen LogP contribution in [0.2, 0.25) is 0 Å². The van der Waals surface area contributed by atoms with Crippen molar-refractivity contribution in [1.29, 1.82) is 0 Å². The molecule has 0 bridgehead atoms. The van der Waals surface area contributed by atoms with Crippen LogP contribution in [0.4, 0.5) is 4.39 Å². The maximum Gasteiger partial charge on any atom is 0.233 e. The van der Waals surface area contributed by atoms with E-state index in [1.54, 1.807) is 35.0 Å². The van der Waals surface area contributed by atoms with Crippen LogP contribution in [-0.4, -0.2) is 38.4 Å². The van der Waals surface area contributed by atoms with E-state index in [0.717, 1.165) is 5.56 Å². The number of carbonyl (C=O) groups is 1. The van der Waals surface area contributed by atoms with Crippen LogP contribution in [0.5, 0.6) is 0 Å². The number of hydrogen-bond donors (Lipinski definition) is 0. The monoisotopic (exact) mass is 308 g/mol. The van der Waals surface area contributed by atoms with E-state index >= 15 is 0 Å². The lowest BCUT2D eigenvalue weighted by Crippen LogP contribution is -2.31. The van der Waals surface area contributed by atoms with Gasteiger partial charge in [-0.2, -0.15) is 0 Å². The molecule has 0 aliphatic rings. The van der Waals surface area contributed by atoms with Crippen LogP contribution in [0.3, 0.4) is 0 Å². The number of nitrogens with zero attached hydrogens (tertiary/aromatic N) is 4. The number of amides is 1. The lowest BCUT2D eigenvalue weighted by Gasteiger charge is -2.25. The van der Waals surface area contributed by atoms with E-state index in [0.29, 0.717) is 5.16 Å². The first-order valence-corrected chi connectivity index (χ1v) is 7.45. The molecule has 1 aromatic carbocycles. The fraction of sp³-hybridized carbons (Fsp3) is 0.357. The average Bonchev–Trinajstić information content (AvgIpc) is 2.89. The summed E-state index contributed by atoms with van der Waals surface area (Å²) in [6, 6.07) is 6.08. The second kappa shape index (κ2) is 6.71. The molecule has 0 N–H and O–H groups in total. The molecule has 7 heteroatoms. The molecule has 5 nitrogen and oxygen atoms in total. The lowest BCUT2D eigenvalue weighted by atomic mass is 10.1. The Bertz CT molecular complexity index is 614. The van der Waals surface area contributed by atoms with Gasteiger partial charge in [-0.15, -0.1) is 10.2 Å². The molecular weight excluding hydrogens is 291 g/mol. The zero-order valence-corrected chi connectivity index (χ0v) is 13.0. The number of hydrogen-bond acceptors (Lipinski definition) is 4. The molecule has 2 aromatic rings. The Balaban J connectivity index is 1.95. The third kappa shape index (κ3) is 3.81. The predicted molar refractivity (Wildman–Crippen MR) is 79.3 cm³/mol. The molecule has 0 spiro atoms. The summed E-state index contributed by atoms with van der Waals surface area (Å²) in [6.07, 6.45) is 1.59. The van der Waals surface area contributed by atoms with Gasteiger partial charge in [-0.25, -0.2) is 4.39 Å². The number of aryl methyl sites for hydroxylation is 1. The smallest absolute Gasteiger partial charge is 0.233 e. The second-order valence-corrected chi connectivity index (χ2v) is 5.69. The van der Waals surface area contributed by atoms with E-state index in [-0.39, 0.29) is 23.5 Å². The van der Waals surface area contributed by atoms with E-state index in [2.05, 4.69) is 10.2 Å². The average molecular weight is 308 g/mol. The highest BCUT2D eigenvalue weighted by atomic mass is 32.2. The van der Waals surface area contributed by atoms with Crippen molar-refractivity contribution >= 4 is 17.7 Å². The van der Waals surface area contributed by atoms with Gasteiger partial charge in [0.05, 0.1) is 11.8 Å². The molecule has 0 aliphatic heterocycles. The Labute approximate surface area is 127 Å². The number of benzene rings is 1. The molecule has 1 amide bonds. The highest BCUT2D eigenvalue weighted by Gasteiger charge is 2.18. The van der Waals surface area contributed by atoms with Crippen LogP contribution in [0.1, 0.15) is 18.5 Å². The SMILES string of the molecule is CC(c1ccc(F)cc1)N(C)C(=O)CSc1nncn1C. The maximum absolute atomic E-state index is 12.9. The first-order chi connectivity index (χ1) is 9.99. The van der Waals surface area contributed by atoms with E-state index < -0.39 is 0 Å². The Morgan fingerprint density at radius 2 is 2.10 bits per heavy atom. The van der Waals surface area contributed by atoms with Crippen LogP contribution in [0.25, 0.3) is 0 Å². The summed E-state index contributed by atoms with van der Waals surface area (Å²) in [4.78, 5) is 13.9. The molecule has 0 radical (unpaired) electrons. The Hall–Kier alpha value is -1.89. The lowest BCUT2D eigenvalue weighted by molar-refractivity contribution is -0.128. The standard InChI is InChI=1S/C14H17FN4OS/c1-10(11-4-6-12(15)7-5-11)19(3)13(20)8-21-14-17-16-9-18(14)2/h4-7,9-10H,8H2,1-3H3. The summed E-state index contributed by atoms with van der Waals surface area (Å²) in [5, 5.41) is 8.39. The van der Waals surface area contributed by atoms with Gasteiger partial charge in [0.15, 0.2) is 5.16 Å². The fourth-order valence-electron chi connectivity index (χ4n) is 1.81. The van der Waals surface area contributed by atoms with Crippen molar-refractivity contribution in [3.8, 4) is 0 Å². The molecule has 112 valence electrons. The number of carbonyl (C=O) groups excluding carboxylic acids is 1. The molecule has 1 heterocycles. The minimum Gasteiger partial charge on any atom is -0.338 e. The Morgan fingerprint density at radius 3 is 2.67 bits per heavy atom. The number of halogens is 1. The van der Waals surface area contributed by atoms with Crippen molar-refractivity contribution in [2.75, 3.05) is 12.8 Å². The summed E-state index contributed by atoms with van der Waals surface area (Å²) in [5.74, 6) is -0.00762. The first-order valence-electron chi connectivity index (χ1n) is 6.47. The molecule has 2 rings (SSSR count). The molecule has 0 saturated heterocycles. The van der Waals surface area contributed by atoms with Crippen molar-refractivity contribution in [2.24, 2.45) is 7.05 Å². The first kappa shape index (κ1) is 15.5. The quantitative estimate of drug-likeness (QED) is 0.795. The Morgan fingerprint density at radius 1 is 1.43 bits per heavy atom. The maximum atomic E-state index is 12.9. The van der Waals surface area contributed by atoms with Crippen molar-refractivity contribution < 1.29 is 9.18 Å². The summed E-state index contributed by atoms with van der Waals surface area (Å²) < 4.78 is 14.7. The van der Waals surface area contributed by atoms with Gasteiger partial charge < -0.3 is 9.47 Å². The minimum absolute atomic E-state index is 0.0141. The van der Waals surface area contributed by atoms with Crippen molar-refractivity contribution in [2.45, 2.75) is 18.1 Å². The predicted octanol–water partition coefficient (Wildman–Crippen LogP) is 2.27. The molecule has 1 atom stereocenters. The van der Waals surface area contributed by atoms with E-state index in [4.69, 9.17) is 0 Å². The third-order valence-corrected chi connectivity index (χ3v) is 4.34. The van der Waals surface area contributed by atoms with Gasteiger partial charge in [-0.1, -0.05) is 23.9 Å². The van der Waals surface area contributed by atoms with Gasteiger partial charge in [0, 0.05) is 14.1 Å². The van der Waals surface area contributed by atoms with Gasteiger partial charge in [0.2, 0.25) is 5.91 Å². The molecule has 0 fully saturated rings. The van der Waals surface area contributed by atoms with Gasteiger partial charge in [0.25, 0.3) is 0 Å². The molecular formula is C14H17FN4OS. The van der Waals surface area contributed by atoms with E-state index in [1.807, 2.05) is 14.0 Å². The third-order valence-electron chi connectivity index (χ3n) is 3.32. The number of thioether (sulfide) groups is 1. The Kier molecular flexibility index (Phi) is 4.95. The minimum atomic E-state index is -0.280. The number of rotatable bonds is 5. The normalized spacial score (nSPS) is 12.2. The summed E-state index contributed by atoms with van der Waals surface area (Å²) >= 11 is 1.34. The summed E-state index contributed by atoms with van der Waals surface area (Å²) in [6.45, 7) is 1.91. The molecule has 1 unspecified atom stereocenters.